The van der Waals surface area contributed by atoms with Crippen LogP contribution in [0.25, 0.3) is 0 Å². The van der Waals surface area contributed by atoms with Crippen molar-refractivity contribution in [2.24, 2.45) is 0 Å². The van der Waals surface area contributed by atoms with Crippen LogP contribution in [0.4, 0.5) is 0 Å². The smallest absolute Gasteiger partial charge is 0.125 e. The molecule has 20 heavy (non-hydrogen) atoms. The second-order valence-electron chi connectivity index (χ2n) is 4.83. The molecular weight excluding hydrogens is 258 g/mol. The van der Waals surface area contributed by atoms with E-state index in [0.717, 1.165) is 31.8 Å². The Morgan fingerprint density at radius 2 is 2.30 bits per heavy atom. The van der Waals surface area contributed by atoms with Crippen LogP contribution in [0, 0.1) is 0 Å². The molecule has 1 N–H and O–H groups in total. The van der Waals surface area contributed by atoms with Gasteiger partial charge in [0.2, 0.25) is 0 Å². The van der Waals surface area contributed by atoms with Crippen LogP contribution in [-0.4, -0.2) is 56.1 Å². The number of aliphatic hydroxyl groups is 1. The van der Waals surface area contributed by atoms with E-state index in [2.05, 4.69) is 11.8 Å². The summed E-state index contributed by atoms with van der Waals surface area (Å²) in [6.45, 7) is 6.23. The van der Waals surface area contributed by atoms with Crippen molar-refractivity contribution in [2.75, 3.05) is 40.0 Å². The van der Waals surface area contributed by atoms with E-state index >= 15 is 0 Å². The zero-order valence-corrected chi connectivity index (χ0v) is 12.2. The van der Waals surface area contributed by atoms with Gasteiger partial charge in [0.25, 0.3) is 0 Å². The first-order valence-corrected chi connectivity index (χ1v) is 7.01. The van der Waals surface area contributed by atoms with E-state index in [1.54, 1.807) is 13.2 Å². The van der Waals surface area contributed by atoms with Gasteiger partial charge in [-0.05, 0) is 24.7 Å². The van der Waals surface area contributed by atoms with E-state index in [0.29, 0.717) is 18.1 Å². The van der Waals surface area contributed by atoms with Crippen LogP contribution < -0.4 is 9.47 Å². The number of ether oxygens (including phenoxy) is 3. The molecule has 1 atom stereocenters. The van der Waals surface area contributed by atoms with Gasteiger partial charge in [0.1, 0.15) is 24.2 Å². The van der Waals surface area contributed by atoms with Crippen molar-refractivity contribution in [3.8, 4) is 11.5 Å². The Bertz CT molecular complexity index is 424. The molecule has 5 heteroatoms. The number of likely N-dealkylation sites (N-methyl/N-ethyl adjacent to an activating group) is 1. The maximum Gasteiger partial charge on any atom is 0.125 e. The van der Waals surface area contributed by atoms with Gasteiger partial charge in [-0.2, -0.15) is 0 Å². The summed E-state index contributed by atoms with van der Waals surface area (Å²) in [4.78, 5) is 2.35. The molecule has 0 radical (unpaired) electrons. The maximum absolute atomic E-state index is 9.38. The second kappa shape index (κ2) is 7.47. The van der Waals surface area contributed by atoms with Crippen LogP contribution in [0.3, 0.4) is 0 Å². The monoisotopic (exact) mass is 281 g/mol. The van der Waals surface area contributed by atoms with E-state index in [1.165, 1.54) is 0 Å². The molecule has 1 fully saturated rings. The van der Waals surface area contributed by atoms with Crippen LogP contribution in [-0.2, 0) is 11.3 Å². The van der Waals surface area contributed by atoms with Crippen LogP contribution >= 0.6 is 0 Å². The average molecular weight is 281 g/mol. The summed E-state index contributed by atoms with van der Waals surface area (Å²) < 4.78 is 16.6. The number of nitrogens with zero attached hydrogens (tertiary/aromatic N) is 1. The molecule has 0 saturated carbocycles. The van der Waals surface area contributed by atoms with E-state index in [9.17, 15) is 5.11 Å². The zero-order chi connectivity index (χ0) is 14.4. The molecule has 0 amide bonds. The van der Waals surface area contributed by atoms with Crippen LogP contribution in [0.15, 0.2) is 18.2 Å². The number of hydrogen-bond donors (Lipinski definition) is 1. The Kier molecular flexibility index (Phi) is 5.64. The minimum atomic E-state index is -0.0703. The van der Waals surface area contributed by atoms with Crippen molar-refractivity contribution in [2.45, 2.75) is 19.6 Å². The molecule has 1 aromatic rings. The van der Waals surface area contributed by atoms with Gasteiger partial charge < -0.3 is 19.3 Å². The first-order chi connectivity index (χ1) is 9.76. The molecule has 1 aromatic carbocycles. The van der Waals surface area contributed by atoms with Crippen molar-refractivity contribution in [1.29, 1.82) is 0 Å². The third-order valence-electron chi connectivity index (χ3n) is 3.53. The highest BCUT2D eigenvalue weighted by Crippen LogP contribution is 2.24. The summed E-state index contributed by atoms with van der Waals surface area (Å²) >= 11 is 0. The summed E-state index contributed by atoms with van der Waals surface area (Å²) in [7, 11) is 1.60. The summed E-state index contributed by atoms with van der Waals surface area (Å²) in [5.74, 6) is 1.40. The van der Waals surface area contributed by atoms with E-state index in [1.807, 2.05) is 12.1 Å². The molecule has 0 bridgehead atoms. The lowest BCUT2D eigenvalue weighted by Crippen LogP contribution is -2.44. The molecule has 5 nitrogen and oxygen atoms in total. The topological polar surface area (TPSA) is 51.2 Å². The zero-order valence-electron chi connectivity index (χ0n) is 12.2. The van der Waals surface area contributed by atoms with Gasteiger partial charge in [0.15, 0.2) is 0 Å². The Morgan fingerprint density at radius 1 is 1.45 bits per heavy atom. The molecule has 1 aliphatic heterocycles. The molecule has 0 aromatic heterocycles. The number of rotatable bonds is 6. The maximum atomic E-state index is 9.38. The lowest BCUT2D eigenvalue weighted by molar-refractivity contribution is -0.0466. The van der Waals surface area contributed by atoms with Gasteiger partial charge in [0, 0.05) is 18.7 Å². The van der Waals surface area contributed by atoms with Gasteiger partial charge in [-0.3, -0.25) is 4.90 Å². The predicted molar refractivity (Wildman–Crippen MR) is 76.3 cm³/mol. The molecule has 0 aliphatic carbocycles. The molecule has 1 saturated heterocycles. The van der Waals surface area contributed by atoms with Gasteiger partial charge in [-0.15, -0.1) is 0 Å². The van der Waals surface area contributed by atoms with Gasteiger partial charge >= 0.3 is 0 Å². The summed E-state index contributed by atoms with van der Waals surface area (Å²) in [5.41, 5.74) is 0.729. The third-order valence-corrected chi connectivity index (χ3v) is 3.53. The highest BCUT2D eigenvalue weighted by atomic mass is 16.5. The van der Waals surface area contributed by atoms with Crippen molar-refractivity contribution < 1.29 is 19.3 Å². The first-order valence-electron chi connectivity index (χ1n) is 7.01. The highest BCUT2D eigenvalue weighted by molar-refractivity contribution is 5.39. The minimum absolute atomic E-state index is 0.0703. The average Bonchev–Trinajstić information content (AvgIpc) is 2.52. The van der Waals surface area contributed by atoms with Crippen molar-refractivity contribution in [1.82, 2.24) is 4.90 Å². The normalized spacial score (nSPS) is 19.9. The van der Waals surface area contributed by atoms with Crippen LogP contribution in [0.1, 0.15) is 12.5 Å². The van der Waals surface area contributed by atoms with Crippen LogP contribution in [0.5, 0.6) is 11.5 Å². The number of benzene rings is 1. The Morgan fingerprint density at radius 3 is 3.00 bits per heavy atom. The Balaban J connectivity index is 1.93. The van der Waals surface area contributed by atoms with Gasteiger partial charge in [0.05, 0.1) is 20.3 Å². The van der Waals surface area contributed by atoms with E-state index in [-0.39, 0.29) is 12.7 Å². The lowest BCUT2D eigenvalue weighted by Gasteiger charge is -2.32. The van der Waals surface area contributed by atoms with Gasteiger partial charge in [-0.25, -0.2) is 0 Å². The summed E-state index contributed by atoms with van der Waals surface area (Å²) in [6, 6.07) is 5.44. The summed E-state index contributed by atoms with van der Waals surface area (Å²) in [6.07, 6.45) is 0.0809. The largest absolute Gasteiger partial charge is 0.497 e. The molecule has 1 aliphatic rings. The third kappa shape index (κ3) is 3.85. The van der Waals surface area contributed by atoms with Crippen molar-refractivity contribution in [3.63, 3.8) is 0 Å². The standard InChI is InChI=1S/C15H23NO4/c1-3-16-6-7-19-14(9-16)11-20-15-5-4-13(18-2)8-12(15)10-17/h4-5,8,14,17H,3,6-7,9-11H2,1-2H3. The van der Waals surface area contributed by atoms with Crippen LogP contribution in [0.2, 0.25) is 0 Å². The molecule has 1 heterocycles. The Labute approximate surface area is 120 Å². The molecule has 0 spiro atoms. The van der Waals surface area contributed by atoms with E-state index < -0.39 is 0 Å². The van der Waals surface area contributed by atoms with Crippen molar-refractivity contribution in [3.05, 3.63) is 23.8 Å². The second-order valence-corrected chi connectivity index (χ2v) is 4.83. The number of methoxy groups -OCH3 is 1. The first kappa shape index (κ1) is 15.1. The van der Waals surface area contributed by atoms with E-state index in [4.69, 9.17) is 14.2 Å². The highest BCUT2D eigenvalue weighted by Gasteiger charge is 2.20. The SMILES string of the molecule is CCN1CCOC(COc2ccc(OC)cc2CO)C1. The van der Waals surface area contributed by atoms with Gasteiger partial charge in [-0.1, -0.05) is 6.92 Å². The fourth-order valence-electron chi connectivity index (χ4n) is 2.30. The molecule has 112 valence electrons. The predicted octanol–water partition coefficient (Wildman–Crippen LogP) is 1.29. The fraction of sp³-hybridized carbons (Fsp3) is 0.600. The Hall–Kier alpha value is -1.30. The number of hydrogen-bond acceptors (Lipinski definition) is 5. The number of morpholine rings is 1. The quantitative estimate of drug-likeness (QED) is 0.851. The molecule has 2 rings (SSSR count). The lowest BCUT2D eigenvalue weighted by atomic mass is 10.2. The van der Waals surface area contributed by atoms with Crippen molar-refractivity contribution >= 4 is 0 Å². The number of aliphatic hydroxyl groups excluding tert-OH is 1. The molecular formula is C15H23NO4. The molecule has 1 unspecified atom stereocenters. The minimum Gasteiger partial charge on any atom is -0.497 e. The summed E-state index contributed by atoms with van der Waals surface area (Å²) in [5, 5.41) is 9.38. The fourth-order valence-corrected chi connectivity index (χ4v) is 2.30.